The lowest BCUT2D eigenvalue weighted by atomic mass is 10.2. The Labute approximate surface area is 101 Å². The average Bonchev–Trinajstić information content (AvgIpc) is 2.18. The summed E-state index contributed by atoms with van der Waals surface area (Å²) in [5, 5.41) is 0. The molecule has 17 heavy (non-hydrogen) atoms. The summed E-state index contributed by atoms with van der Waals surface area (Å²) >= 11 is 0. The van der Waals surface area contributed by atoms with Crippen LogP contribution in [0.3, 0.4) is 0 Å². The molecule has 0 aliphatic carbocycles. The van der Waals surface area contributed by atoms with Gasteiger partial charge in [-0.3, -0.25) is 4.84 Å². The summed E-state index contributed by atoms with van der Waals surface area (Å²) in [6.07, 6.45) is 0. The molecule has 0 heterocycles. The fourth-order valence-corrected chi connectivity index (χ4v) is 2.30. The van der Waals surface area contributed by atoms with E-state index < -0.39 is 21.4 Å². The van der Waals surface area contributed by atoms with Crippen molar-refractivity contribution in [2.75, 3.05) is 0 Å². The quantitative estimate of drug-likeness (QED) is 0.848. The Bertz CT molecular complexity index is 506. The lowest BCUT2D eigenvalue weighted by Crippen LogP contribution is -2.33. The number of hydrogen-bond acceptors (Lipinski definition) is 3. The summed E-state index contributed by atoms with van der Waals surface area (Å²) in [6.45, 7) is 6.70. The predicted molar refractivity (Wildman–Crippen MR) is 62.3 cm³/mol. The van der Waals surface area contributed by atoms with Crippen LogP contribution in [0.1, 0.15) is 26.3 Å². The number of halogens is 1. The van der Waals surface area contributed by atoms with Gasteiger partial charge in [0.1, 0.15) is 5.82 Å². The van der Waals surface area contributed by atoms with Crippen LogP contribution < -0.4 is 4.89 Å². The molecule has 0 unspecified atom stereocenters. The van der Waals surface area contributed by atoms with Gasteiger partial charge in [0, 0.05) is 0 Å². The lowest BCUT2D eigenvalue weighted by molar-refractivity contribution is -0.0357. The van der Waals surface area contributed by atoms with E-state index in [1.54, 1.807) is 27.7 Å². The third-order valence-electron chi connectivity index (χ3n) is 1.90. The highest BCUT2D eigenvalue weighted by atomic mass is 32.2. The molecule has 96 valence electrons. The molecule has 0 bridgehead atoms. The predicted octanol–water partition coefficient (Wildman–Crippen LogP) is 2.14. The molecule has 0 aliphatic rings. The Morgan fingerprint density at radius 1 is 1.29 bits per heavy atom. The standard InChI is InChI=1S/C11H16FNO3S/c1-8-5-6-9(12)7-10(8)17(14,15)13-16-11(2,3)4/h5-7,13H,1-4H3. The smallest absolute Gasteiger partial charge is 0.262 e. The van der Waals surface area contributed by atoms with Crippen LogP contribution in [0.25, 0.3) is 0 Å². The van der Waals surface area contributed by atoms with E-state index in [0.717, 1.165) is 6.07 Å². The van der Waals surface area contributed by atoms with Crippen LogP contribution in [0, 0.1) is 12.7 Å². The normalized spacial score (nSPS) is 12.8. The molecule has 0 amide bonds. The topological polar surface area (TPSA) is 55.4 Å². The van der Waals surface area contributed by atoms with Crippen molar-refractivity contribution in [1.29, 1.82) is 0 Å². The van der Waals surface area contributed by atoms with E-state index in [0.29, 0.717) is 5.56 Å². The first-order valence-electron chi connectivity index (χ1n) is 5.08. The van der Waals surface area contributed by atoms with Gasteiger partial charge in [-0.2, -0.15) is 0 Å². The van der Waals surface area contributed by atoms with E-state index in [-0.39, 0.29) is 4.90 Å². The Morgan fingerprint density at radius 2 is 1.88 bits per heavy atom. The molecule has 0 saturated carbocycles. The van der Waals surface area contributed by atoms with Crippen molar-refractivity contribution in [3.8, 4) is 0 Å². The van der Waals surface area contributed by atoms with Crippen LogP contribution in [0.4, 0.5) is 4.39 Å². The summed E-state index contributed by atoms with van der Waals surface area (Å²) in [6, 6.07) is 3.57. The molecule has 1 rings (SSSR count). The lowest BCUT2D eigenvalue weighted by Gasteiger charge is -2.19. The third-order valence-corrected chi connectivity index (χ3v) is 3.22. The molecule has 0 radical (unpaired) electrons. The average molecular weight is 261 g/mol. The maximum Gasteiger partial charge on any atom is 0.262 e. The molecule has 0 atom stereocenters. The minimum absolute atomic E-state index is 0.123. The Hall–Kier alpha value is -0.980. The molecule has 1 aromatic carbocycles. The van der Waals surface area contributed by atoms with Crippen LogP contribution in [0.2, 0.25) is 0 Å². The summed E-state index contributed by atoms with van der Waals surface area (Å²) in [7, 11) is -3.86. The molecule has 0 aromatic heterocycles. The molecule has 0 fully saturated rings. The zero-order valence-electron chi connectivity index (χ0n) is 10.2. The molecule has 1 N–H and O–H groups in total. The molecular weight excluding hydrogens is 245 g/mol. The molecule has 6 heteroatoms. The highest BCUT2D eigenvalue weighted by Crippen LogP contribution is 2.17. The molecule has 0 saturated heterocycles. The van der Waals surface area contributed by atoms with E-state index >= 15 is 0 Å². The summed E-state index contributed by atoms with van der Waals surface area (Å²) < 4.78 is 36.7. The van der Waals surface area contributed by atoms with E-state index in [1.165, 1.54) is 12.1 Å². The SMILES string of the molecule is Cc1ccc(F)cc1S(=O)(=O)NOC(C)(C)C. The molecular formula is C11H16FNO3S. The zero-order valence-corrected chi connectivity index (χ0v) is 11.1. The van der Waals surface area contributed by atoms with Crippen molar-refractivity contribution < 1.29 is 17.6 Å². The Balaban J connectivity index is 3.02. The minimum atomic E-state index is -3.86. The van der Waals surface area contributed by atoms with Crippen molar-refractivity contribution in [2.45, 2.75) is 38.2 Å². The number of rotatable bonds is 3. The number of hydrogen-bond donors (Lipinski definition) is 1. The Kier molecular flexibility index (Phi) is 3.91. The summed E-state index contributed by atoms with van der Waals surface area (Å²) in [5.41, 5.74) is -0.203. The van der Waals surface area contributed by atoms with E-state index in [4.69, 9.17) is 4.84 Å². The highest BCUT2D eigenvalue weighted by molar-refractivity contribution is 7.89. The first-order chi connectivity index (χ1) is 7.62. The highest BCUT2D eigenvalue weighted by Gasteiger charge is 2.21. The van der Waals surface area contributed by atoms with Gasteiger partial charge in [0.05, 0.1) is 10.5 Å². The second-order valence-corrected chi connectivity index (χ2v) is 6.32. The van der Waals surface area contributed by atoms with Crippen LogP contribution in [-0.2, 0) is 14.9 Å². The van der Waals surface area contributed by atoms with Gasteiger partial charge in [-0.05, 0) is 45.4 Å². The van der Waals surface area contributed by atoms with E-state index in [1.807, 2.05) is 4.89 Å². The zero-order chi connectivity index (χ0) is 13.3. The number of nitrogens with one attached hydrogen (secondary N) is 1. The van der Waals surface area contributed by atoms with Gasteiger partial charge in [0.25, 0.3) is 10.0 Å². The van der Waals surface area contributed by atoms with E-state index in [2.05, 4.69) is 0 Å². The van der Waals surface area contributed by atoms with Crippen LogP contribution in [-0.4, -0.2) is 14.0 Å². The van der Waals surface area contributed by atoms with Crippen molar-refractivity contribution >= 4 is 10.0 Å². The summed E-state index contributed by atoms with van der Waals surface area (Å²) in [5.74, 6) is -0.605. The first kappa shape index (κ1) is 14.1. The molecule has 4 nitrogen and oxygen atoms in total. The van der Waals surface area contributed by atoms with Gasteiger partial charge in [0.2, 0.25) is 0 Å². The van der Waals surface area contributed by atoms with Crippen LogP contribution in [0.15, 0.2) is 23.1 Å². The fourth-order valence-electron chi connectivity index (χ4n) is 1.09. The Morgan fingerprint density at radius 3 is 2.41 bits per heavy atom. The van der Waals surface area contributed by atoms with Crippen molar-refractivity contribution in [1.82, 2.24) is 4.89 Å². The monoisotopic (exact) mass is 261 g/mol. The van der Waals surface area contributed by atoms with Gasteiger partial charge >= 0.3 is 0 Å². The largest absolute Gasteiger partial charge is 0.281 e. The van der Waals surface area contributed by atoms with E-state index in [9.17, 15) is 12.8 Å². The summed E-state index contributed by atoms with van der Waals surface area (Å²) in [4.78, 5) is 6.85. The number of aryl methyl sites for hydroxylation is 1. The third kappa shape index (κ3) is 4.07. The van der Waals surface area contributed by atoms with Gasteiger partial charge in [0.15, 0.2) is 0 Å². The van der Waals surface area contributed by atoms with Gasteiger partial charge in [-0.15, -0.1) is 0 Å². The van der Waals surface area contributed by atoms with Crippen molar-refractivity contribution in [3.05, 3.63) is 29.6 Å². The molecule has 1 aromatic rings. The minimum Gasteiger partial charge on any atom is -0.281 e. The number of benzene rings is 1. The fraction of sp³-hybridized carbons (Fsp3) is 0.455. The van der Waals surface area contributed by atoms with Gasteiger partial charge in [-0.25, -0.2) is 12.8 Å². The first-order valence-corrected chi connectivity index (χ1v) is 6.56. The molecule has 0 spiro atoms. The maximum atomic E-state index is 13.0. The van der Waals surface area contributed by atoms with Gasteiger partial charge in [-0.1, -0.05) is 11.0 Å². The second-order valence-electron chi connectivity index (χ2n) is 4.71. The van der Waals surface area contributed by atoms with Crippen molar-refractivity contribution in [2.24, 2.45) is 0 Å². The maximum absolute atomic E-state index is 13.0. The van der Waals surface area contributed by atoms with Crippen LogP contribution >= 0.6 is 0 Å². The van der Waals surface area contributed by atoms with Gasteiger partial charge < -0.3 is 0 Å². The number of sulfonamides is 1. The van der Waals surface area contributed by atoms with Crippen LogP contribution in [0.5, 0.6) is 0 Å². The van der Waals surface area contributed by atoms with Crippen molar-refractivity contribution in [3.63, 3.8) is 0 Å². The molecule has 0 aliphatic heterocycles. The second kappa shape index (κ2) is 4.72.